The molecule has 0 aliphatic carbocycles. The van der Waals surface area contributed by atoms with Crippen molar-refractivity contribution in [2.24, 2.45) is 5.92 Å². The molecule has 0 saturated carbocycles. The van der Waals surface area contributed by atoms with Crippen molar-refractivity contribution in [1.82, 2.24) is 5.32 Å². The Bertz CT molecular complexity index is 1010. The van der Waals surface area contributed by atoms with Gasteiger partial charge in [0.2, 0.25) is 0 Å². The highest BCUT2D eigenvalue weighted by Gasteiger charge is 2.27. The molecule has 1 heterocycles. The van der Waals surface area contributed by atoms with E-state index in [0.717, 1.165) is 5.56 Å². The standard InChI is InChI=1S/C23H31NO6/c1-12(2)9-16(24-22(27)30-23(6,7)8)21(26)29-18-11-13(3)10-17-19(18)14(4)15(5)20(25)28-17/h10-12,16H,9H2,1-8H3,(H,24,27)/t16-/m0/s1. The summed E-state index contributed by atoms with van der Waals surface area (Å²) in [6.07, 6.45) is -0.299. The van der Waals surface area contributed by atoms with Crippen molar-refractivity contribution in [3.05, 3.63) is 39.2 Å². The largest absolute Gasteiger partial charge is 0.444 e. The van der Waals surface area contributed by atoms with Gasteiger partial charge in [0, 0.05) is 5.56 Å². The zero-order valence-electron chi connectivity index (χ0n) is 19.0. The number of carbonyl (C=O) groups excluding carboxylic acids is 2. The number of benzene rings is 1. The van der Waals surface area contributed by atoms with Crippen molar-refractivity contribution in [1.29, 1.82) is 0 Å². The number of hydrogen-bond acceptors (Lipinski definition) is 6. The summed E-state index contributed by atoms with van der Waals surface area (Å²) >= 11 is 0. The van der Waals surface area contributed by atoms with Crippen LogP contribution in [0.3, 0.4) is 0 Å². The number of alkyl carbamates (subject to hydrolysis) is 1. The van der Waals surface area contributed by atoms with Crippen LogP contribution in [-0.4, -0.2) is 23.7 Å². The van der Waals surface area contributed by atoms with E-state index in [1.165, 1.54) is 0 Å². The number of fused-ring (bicyclic) bond motifs is 1. The number of esters is 1. The van der Waals surface area contributed by atoms with Gasteiger partial charge in [-0.25, -0.2) is 14.4 Å². The molecule has 7 nitrogen and oxygen atoms in total. The molecule has 1 N–H and O–H groups in total. The van der Waals surface area contributed by atoms with Crippen LogP contribution in [0.1, 0.15) is 57.7 Å². The lowest BCUT2D eigenvalue weighted by Crippen LogP contribution is -2.45. The lowest BCUT2D eigenvalue weighted by molar-refractivity contribution is -0.137. The SMILES string of the molecule is Cc1cc(OC(=O)[C@H](CC(C)C)NC(=O)OC(C)(C)C)c2c(C)c(C)c(=O)oc2c1. The molecule has 0 saturated heterocycles. The maximum Gasteiger partial charge on any atom is 0.408 e. The molecule has 1 amide bonds. The van der Waals surface area contributed by atoms with E-state index in [2.05, 4.69) is 5.32 Å². The first kappa shape index (κ1) is 23.4. The molecule has 0 bridgehead atoms. The summed E-state index contributed by atoms with van der Waals surface area (Å²) in [5.41, 5.74) is 1.16. The minimum Gasteiger partial charge on any atom is -0.444 e. The van der Waals surface area contributed by atoms with E-state index in [1.807, 2.05) is 20.8 Å². The molecule has 30 heavy (non-hydrogen) atoms. The fraction of sp³-hybridized carbons (Fsp3) is 0.522. The molecule has 0 aliphatic rings. The van der Waals surface area contributed by atoms with Gasteiger partial charge in [-0.2, -0.15) is 0 Å². The summed E-state index contributed by atoms with van der Waals surface area (Å²) in [6.45, 7) is 14.4. The third-order valence-corrected chi connectivity index (χ3v) is 4.55. The normalized spacial score (nSPS) is 12.7. The lowest BCUT2D eigenvalue weighted by Gasteiger charge is -2.24. The third-order valence-electron chi connectivity index (χ3n) is 4.55. The van der Waals surface area contributed by atoms with Crippen LogP contribution >= 0.6 is 0 Å². The first-order valence-electron chi connectivity index (χ1n) is 10.0. The summed E-state index contributed by atoms with van der Waals surface area (Å²) < 4.78 is 16.4. The minimum atomic E-state index is -0.882. The van der Waals surface area contributed by atoms with E-state index in [-0.39, 0.29) is 5.92 Å². The van der Waals surface area contributed by atoms with Gasteiger partial charge in [-0.15, -0.1) is 0 Å². The Morgan fingerprint density at radius 1 is 1.10 bits per heavy atom. The van der Waals surface area contributed by atoms with Gasteiger partial charge in [0.15, 0.2) is 0 Å². The van der Waals surface area contributed by atoms with Gasteiger partial charge in [-0.1, -0.05) is 13.8 Å². The van der Waals surface area contributed by atoms with Crippen molar-refractivity contribution in [2.75, 3.05) is 0 Å². The molecule has 1 aromatic carbocycles. The van der Waals surface area contributed by atoms with Gasteiger partial charge < -0.3 is 19.2 Å². The Hall–Kier alpha value is -2.83. The van der Waals surface area contributed by atoms with Crippen LogP contribution in [-0.2, 0) is 9.53 Å². The highest BCUT2D eigenvalue weighted by atomic mass is 16.6. The number of carbonyl (C=O) groups is 2. The number of ether oxygens (including phenoxy) is 2. The zero-order chi connectivity index (χ0) is 22.8. The predicted octanol–water partition coefficient (Wildman–Crippen LogP) is 4.56. The molecule has 0 spiro atoms. The fourth-order valence-electron chi connectivity index (χ4n) is 3.08. The summed E-state index contributed by atoms with van der Waals surface area (Å²) in [6, 6.07) is 2.56. The highest BCUT2D eigenvalue weighted by molar-refractivity contribution is 5.92. The van der Waals surface area contributed by atoms with E-state index in [4.69, 9.17) is 13.9 Å². The molecule has 1 atom stereocenters. The van der Waals surface area contributed by atoms with E-state index in [1.54, 1.807) is 46.8 Å². The number of rotatable bonds is 5. The van der Waals surface area contributed by atoms with Gasteiger partial charge >= 0.3 is 17.7 Å². The van der Waals surface area contributed by atoms with Crippen LogP contribution in [0.25, 0.3) is 11.0 Å². The second kappa shape index (κ2) is 8.90. The number of aryl methyl sites for hydroxylation is 2. The average molecular weight is 418 g/mol. The van der Waals surface area contributed by atoms with Crippen LogP contribution < -0.4 is 15.7 Å². The molecule has 0 unspecified atom stereocenters. The second-order valence-electron chi connectivity index (χ2n) is 9.03. The summed E-state index contributed by atoms with van der Waals surface area (Å²) in [5, 5.41) is 3.18. The van der Waals surface area contributed by atoms with Crippen molar-refractivity contribution in [3.8, 4) is 5.75 Å². The Balaban J connectivity index is 2.39. The molecular formula is C23H31NO6. The highest BCUT2D eigenvalue weighted by Crippen LogP contribution is 2.31. The van der Waals surface area contributed by atoms with Crippen LogP contribution in [0.2, 0.25) is 0 Å². The summed E-state index contributed by atoms with van der Waals surface area (Å²) in [4.78, 5) is 37.2. The Morgan fingerprint density at radius 2 is 1.73 bits per heavy atom. The molecule has 1 aromatic heterocycles. The molecule has 0 fully saturated rings. The van der Waals surface area contributed by atoms with E-state index in [9.17, 15) is 14.4 Å². The molecule has 164 valence electrons. The van der Waals surface area contributed by atoms with Crippen LogP contribution in [0.15, 0.2) is 21.3 Å². The van der Waals surface area contributed by atoms with Crippen LogP contribution in [0, 0.1) is 26.7 Å². The monoisotopic (exact) mass is 417 g/mol. The fourth-order valence-corrected chi connectivity index (χ4v) is 3.08. The predicted molar refractivity (Wildman–Crippen MR) is 115 cm³/mol. The maximum atomic E-state index is 13.0. The van der Waals surface area contributed by atoms with E-state index >= 15 is 0 Å². The molecular weight excluding hydrogens is 386 g/mol. The summed E-state index contributed by atoms with van der Waals surface area (Å²) in [7, 11) is 0. The van der Waals surface area contributed by atoms with Gasteiger partial charge in [0.05, 0.1) is 5.39 Å². The van der Waals surface area contributed by atoms with Gasteiger partial charge in [-0.05, 0) is 77.1 Å². The topological polar surface area (TPSA) is 94.8 Å². The zero-order valence-corrected chi connectivity index (χ0v) is 19.0. The third kappa shape index (κ3) is 5.84. The quantitative estimate of drug-likeness (QED) is 0.435. The van der Waals surface area contributed by atoms with E-state index < -0.39 is 29.3 Å². The maximum absolute atomic E-state index is 13.0. The molecule has 7 heteroatoms. The number of hydrogen-bond donors (Lipinski definition) is 1. The van der Waals surface area contributed by atoms with Crippen LogP contribution in [0.5, 0.6) is 5.75 Å². The van der Waals surface area contributed by atoms with Crippen molar-refractivity contribution in [3.63, 3.8) is 0 Å². The smallest absolute Gasteiger partial charge is 0.408 e. The lowest BCUT2D eigenvalue weighted by atomic mass is 10.0. The van der Waals surface area contributed by atoms with Crippen molar-refractivity contribution < 1.29 is 23.5 Å². The summed E-state index contributed by atoms with van der Waals surface area (Å²) in [5.74, 6) is -0.183. The molecule has 2 rings (SSSR count). The Morgan fingerprint density at radius 3 is 2.30 bits per heavy atom. The minimum absolute atomic E-state index is 0.133. The van der Waals surface area contributed by atoms with Gasteiger partial charge in [-0.3, -0.25) is 0 Å². The first-order chi connectivity index (χ1) is 13.8. The molecule has 0 radical (unpaired) electrons. The van der Waals surface area contributed by atoms with E-state index in [0.29, 0.717) is 34.3 Å². The molecule has 2 aromatic rings. The van der Waals surface area contributed by atoms with Gasteiger partial charge in [0.25, 0.3) is 0 Å². The second-order valence-corrected chi connectivity index (χ2v) is 9.03. The van der Waals surface area contributed by atoms with Crippen molar-refractivity contribution >= 4 is 23.0 Å². The van der Waals surface area contributed by atoms with Crippen LogP contribution in [0.4, 0.5) is 4.79 Å². The number of amides is 1. The van der Waals surface area contributed by atoms with Crippen molar-refractivity contribution in [2.45, 2.75) is 73.5 Å². The van der Waals surface area contributed by atoms with Gasteiger partial charge in [0.1, 0.15) is 23.0 Å². The molecule has 0 aliphatic heterocycles. The first-order valence-corrected chi connectivity index (χ1v) is 10.0. The average Bonchev–Trinajstić information content (AvgIpc) is 2.56. The number of nitrogens with one attached hydrogen (secondary N) is 1. The Kier molecular flexibility index (Phi) is 6.95. The Labute approximate surface area is 176 Å².